The molecule has 0 aliphatic carbocycles. The van der Waals surface area contributed by atoms with Crippen LogP contribution in [0.3, 0.4) is 0 Å². The van der Waals surface area contributed by atoms with Crippen LogP contribution in [-0.2, 0) is 17.6 Å². The minimum Gasteiger partial charge on any atom is -0.342 e. The van der Waals surface area contributed by atoms with Gasteiger partial charge < -0.3 is 4.90 Å². The molecule has 20 heavy (non-hydrogen) atoms. The number of thiophene rings is 1. The van der Waals surface area contributed by atoms with E-state index in [1.165, 1.54) is 16.9 Å². The van der Waals surface area contributed by atoms with Crippen molar-refractivity contribution in [2.45, 2.75) is 19.8 Å². The molecular weight excluding hydrogens is 292 g/mol. The maximum absolute atomic E-state index is 12.3. The van der Waals surface area contributed by atoms with E-state index < -0.39 is 0 Å². The van der Waals surface area contributed by atoms with Gasteiger partial charge >= 0.3 is 0 Å². The third kappa shape index (κ3) is 4.32. The third-order valence-electron chi connectivity index (χ3n) is 3.11. The monoisotopic (exact) mass is 308 g/mol. The van der Waals surface area contributed by atoms with Gasteiger partial charge in [0.05, 0.1) is 10.8 Å². The van der Waals surface area contributed by atoms with Gasteiger partial charge in [-0.1, -0.05) is 11.6 Å². The lowest BCUT2D eigenvalue weighted by molar-refractivity contribution is -0.130. The number of nitrogens with zero attached hydrogens (tertiary/aromatic N) is 2. The van der Waals surface area contributed by atoms with Gasteiger partial charge in [0.15, 0.2) is 0 Å². The fraction of sp³-hybridized carbons (Fsp3) is 0.333. The van der Waals surface area contributed by atoms with E-state index in [2.05, 4.69) is 4.98 Å². The molecule has 5 heteroatoms. The highest BCUT2D eigenvalue weighted by Gasteiger charge is 2.13. The molecule has 0 spiro atoms. The number of likely N-dealkylation sites (N-methyl/N-ethyl adjacent to an activating group) is 1. The van der Waals surface area contributed by atoms with Crippen molar-refractivity contribution in [1.82, 2.24) is 9.88 Å². The SMILES string of the molecule is CCN(CCc1ccncc1)C(=O)Cc1ccc(Cl)s1. The van der Waals surface area contributed by atoms with Gasteiger partial charge in [0.1, 0.15) is 0 Å². The summed E-state index contributed by atoms with van der Waals surface area (Å²) in [6, 6.07) is 7.72. The highest BCUT2D eigenvalue weighted by Crippen LogP contribution is 2.22. The van der Waals surface area contributed by atoms with Crippen LogP contribution in [0.25, 0.3) is 0 Å². The Hall–Kier alpha value is -1.39. The summed E-state index contributed by atoms with van der Waals surface area (Å²) >= 11 is 7.35. The number of carbonyl (C=O) groups is 1. The lowest BCUT2D eigenvalue weighted by atomic mass is 10.2. The Kier molecular flexibility index (Phi) is 5.56. The maximum Gasteiger partial charge on any atom is 0.227 e. The number of hydrogen-bond acceptors (Lipinski definition) is 3. The van der Waals surface area contributed by atoms with Crippen molar-refractivity contribution < 1.29 is 4.79 Å². The number of rotatable bonds is 6. The maximum atomic E-state index is 12.3. The average molecular weight is 309 g/mol. The Morgan fingerprint density at radius 1 is 1.30 bits per heavy atom. The summed E-state index contributed by atoms with van der Waals surface area (Å²) in [5, 5.41) is 0. The highest BCUT2D eigenvalue weighted by molar-refractivity contribution is 7.16. The van der Waals surface area contributed by atoms with Gasteiger partial charge in [-0.3, -0.25) is 9.78 Å². The minimum absolute atomic E-state index is 0.153. The molecule has 2 aromatic heterocycles. The molecule has 0 aromatic carbocycles. The number of hydrogen-bond donors (Lipinski definition) is 0. The molecule has 0 aliphatic heterocycles. The molecule has 2 rings (SSSR count). The number of pyridine rings is 1. The van der Waals surface area contributed by atoms with Gasteiger partial charge in [0, 0.05) is 30.4 Å². The second-order valence-corrected chi connectivity index (χ2v) is 6.26. The fourth-order valence-corrected chi connectivity index (χ4v) is 3.06. The third-order valence-corrected chi connectivity index (χ3v) is 4.34. The molecule has 106 valence electrons. The highest BCUT2D eigenvalue weighted by atomic mass is 35.5. The van der Waals surface area contributed by atoms with Gasteiger partial charge in [-0.2, -0.15) is 0 Å². The molecule has 0 saturated heterocycles. The zero-order valence-electron chi connectivity index (χ0n) is 11.4. The average Bonchev–Trinajstić information content (AvgIpc) is 2.86. The Morgan fingerprint density at radius 3 is 2.65 bits per heavy atom. The Bertz CT molecular complexity index is 556. The van der Waals surface area contributed by atoms with E-state index in [-0.39, 0.29) is 5.91 Å². The van der Waals surface area contributed by atoms with Crippen LogP contribution < -0.4 is 0 Å². The molecule has 1 amide bonds. The van der Waals surface area contributed by atoms with E-state index >= 15 is 0 Å². The van der Waals surface area contributed by atoms with Crippen molar-refractivity contribution in [2.24, 2.45) is 0 Å². The quantitative estimate of drug-likeness (QED) is 0.819. The van der Waals surface area contributed by atoms with Crippen LogP contribution in [0.2, 0.25) is 4.34 Å². The normalized spacial score (nSPS) is 10.5. The second kappa shape index (κ2) is 7.41. The first-order valence-corrected chi connectivity index (χ1v) is 7.79. The van der Waals surface area contributed by atoms with Crippen LogP contribution in [0, 0.1) is 0 Å². The van der Waals surface area contributed by atoms with Crippen molar-refractivity contribution in [3.63, 3.8) is 0 Å². The van der Waals surface area contributed by atoms with Crippen LogP contribution >= 0.6 is 22.9 Å². The summed E-state index contributed by atoms with van der Waals surface area (Å²) in [6.07, 6.45) is 4.84. The lowest BCUT2D eigenvalue weighted by Gasteiger charge is -2.20. The van der Waals surface area contributed by atoms with Crippen LogP contribution in [0.5, 0.6) is 0 Å². The van der Waals surface area contributed by atoms with Crippen molar-refractivity contribution in [1.29, 1.82) is 0 Å². The minimum atomic E-state index is 0.153. The summed E-state index contributed by atoms with van der Waals surface area (Å²) in [5.41, 5.74) is 1.20. The van der Waals surface area contributed by atoms with Crippen molar-refractivity contribution in [3.8, 4) is 0 Å². The number of carbonyl (C=O) groups excluding carboxylic acids is 1. The molecule has 2 heterocycles. The van der Waals surface area contributed by atoms with Gasteiger partial charge in [0.25, 0.3) is 0 Å². The molecular formula is C15H17ClN2OS. The van der Waals surface area contributed by atoms with Gasteiger partial charge in [0.2, 0.25) is 5.91 Å². The van der Waals surface area contributed by atoms with Crippen LogP contribution in [-0.4, -0.2) is 28.9 Å². The molecule has 0 aliphatic rings. The predicted molar refractivity (Wildman–Crippen MR) is 83.2 cm³/mol. The first kappa shape index (κ1) is 15.0. The van der Waals surface area contributed by atoms with Crippen molar-refractivity contribution >= 4 is 28.8 Å². The molecule has 2 aromatic rings. The standard InChI is InChI=1S/C15H17ClN2OS/c1-2-18(10-7-12-5-8-17-9-6-12)15(19)11-13-3-4-14(16)20-13/h3-6,8-9H,2,7,10-11H2,1H3. The molecule has 0 radical (unpaired) electrons. The lowest BCUT2D eigenvalue weighted by Crippen LogP contribution is -2.33. The predicted octanol–water partition coefficient (Wildman–Crippen LogP) is 3.43. The second-order valence-electron chi connectivity index (χ2n) is 4.46. The summed E-state index contributed by atoms with van der Waals surface area (Å²) < 4.78 is 0.729. The number of halogens is 1. The van der Waals surface area contributed by atoms with Gasteiger partial charge in [-0.05, 0) is 43.2 Å². The smallest absolute Gasteiger partial charge is 0.227 e. The Morgan fingerprint density at radius 2 is 2.05 bits per heavy atom. The van der Waals surface area contributed by atoms with E-state index in [0.717, 1.165) is 28.7 Å². The fourth-order valence-electron chi connectivity index (χ4n) is 1.98. The zero-order chi connectivity index (χ0) is 14.4. The molecule has 0 unspecified atom stereocenters. The van der Waals surface area contributed by atoms with Crippen LogP contribution in [0.15, 0.2) is 36.7 Å². The zero-order valence-corrected chi connectivity index (χ0v) is 13.0. The van der Waals surface area contributed by atoms with Gasteiger partial charge in [-0.15, -0.1) is 11.3 Å². The largest absolute Gasteiger partial charge is 0.342 e. The van der Waals surface area contributed by atoms with E-state index in [4.69, 9.17) is 11.6 Å². The Labute approximate surface area is 128 Å². The molecule has 3 nitrogen and oxygen atoms in total. The molecule has 0 saturated carbocycles. The Balaban J connectivity index is 1.89. The summed E-state index contributed by atoms with van der Waals surface area (Å²) in [5.74, 6) is 0.153. The summed E-state index contributed by atoms with van der Waals surface area (Å²) in [6.45, 7) is 3.47. The van der Waals surface area contributed by atoms with Gasteiger partial charge in [-0.25, -0.2) is 0 Å². The van der Waals surface area contributed by atoms with Crippen LogP contribution in [0.4, 0.5) is 0 Å². The summed E-state index contributed by atoms with van der Waals surface area (Å²) in [4.78, 5) is 19.1. The van der Waals surface area contributed by atoms with E-state index in [0.29, 0.717) is 6.42 Å². The number of amides is 1. The first-order chi connectivity index (χ1) is 9.69. The van der Waals surface area contributed by atoms with E-state index in [1.54, 1.807) is 12.4 Å². The molecule has 0 atom stereocenters. The molecule has 0 fully saturated rings. The van der Waals surface area contributed by atoms with Crippen LogP contribution in [0.1, 0.15) is 17.4 Å². The van der Waals surface area contributed by atoms with Crippen molar-refractivity contribution in [3.05, 3.63) is 51.4 Å². The van der Waals surface area contributed by atoms with E-state index in [1.807, 2.05) is 36.1 Å². The topological polar surface area (TPSA) is 33.2 Å². The molecule has 0 N–H and O–H groups in total. The first-order valence-electron chi connectivity index (χ1n) is 6.60. The van der Waals surface area contributed by atoms with E-state index in [9.17, 15) is 4.79 Å². The van der Waals surface area contributed by atoms with Crippen molar-refractivity contribution in [2.75, 3.05) is 13.1 Å². The molecule has 0 bridgehead atoms. The summed E-state index contributed by atoms with van der Waals surface area (Å²) in [7, 11) is 0. The number of aromatic nitrogens is 1.